The lowest BCUT2D eigenvalue weighted by Crippen LogP contribution is -1.99. The van der Waals surface area contributed by atoms with Crippen LogP contribution in [0.4, 0.5) is 4.39 Å². The van der Waals surface area contributed by atoms with Crippen LogP contribution in [0, 0.1) is 5.82 Å². The van der Waals surface area contributed by atoms with E-state index in [1.165, 1.54) is 25.0 Å². The standard InChI is InChI=1S/C18H16FN3S/c19-14-6-10-16(11-7-14)23-12-17-18(13-4-2-1-3-5-13)22(21-20-17)15-8-9-15/h1-7,10-11,15H,8-9,12H2. The lowest BCUT2D eigenvalue weighted by atomic mass is 10.1. The van der Waals surface area contributed by atoms with Gasteiger partial charge in [-0.3, -0.25) is 0 Å². The SMILES string of the molecule is Fc1ccc(SCc2nnn(C3CC3)c2-c2ccccc2)cc1. The van der Waals surface area contributed by atoms with E-state index in [1.807, 2.05) is 18.2 Å². The molecule has 0 saturated heterocycles. The molecule has 5 heteroatoms. The summed E-state index contributed by atoms with van der Waals surface area (Å²) in [7, 11) is 0. The van der Waals surface area contributed by atoms with E-state index >= 15 is 0 Å². The Morgan fingerprint density at radius 2 is 1.78 bits per heavy atom. The molecule has 0 atom stereocenters. The molecule has 0 radical (unpaired) electrons. The summed E-state index contributed by atoms with van der Waals surface area (Å²) in [5, 5.41) is 8.78. The van der Waals surface area contributed by atoms with Crippen LogP contribution in [-0.2, 0) is 5.75 Å². The normalized spacial score (nSPS) is 14.1. The zero-order valence-corrected chi connectivity index (χ0v) is 13.3. The number of benzene rings is 2. The third-order valence-corrected chi connectivity index (χ3v) is 4.92. The molecule has 0 aliphatic heterocycles. The number of thioether (sulfide) groups is 1. The fourth-order valence-corrected chi connectivity index (χ4v) is 3.40. The summed E-state index contributed by atoms with van der Waals surface area (Å²) in [6.07, 6.45) is 2.35. The summed E-state index contributed by atoms with van der Waals surface area (Å²) >= 11 is 1.65. The van der Waals surface area contributed by atoms with Crippen molar-refractivity contribution in [3.8, 4) is 11.3 Å². The molecule has 1 aromatic heterocycles. The largest absolute Gasteiger partial charge is 0.241 e. The Balaban J connectivity index is 1.62. The molecule has 3 aromatic rings. The molecule has 116 valence electrons. The highest BCUT2D eigenvalue weighted by Gasteiger charge is 2.29. The maximum absolute atomic E-state index is 13.0. The average molecular weight is 325 g/mol. The van der Waals surface area contributed by atoms with Gasteiger partial charge >= 0.3 is 0 Å². The molecule has 23 heavy (non-hydrogen) atoms. The van der Waals surface area contributed by atoms with Crippen molar-refractivity contribution >= 4 is 11.8 Å². The van der Waals surface area contributed by atoms with Gasteiger partial charge in [-0.2, -0.15) is 0 Å². The van der Waals surface area contributed by atoms with Crippen molar-refractivity contribution in [2.24, 2.45) is 0 Å². The quantitative estimate of drug-likeness (QED) is 0.636. The van der Waals surface area contributed by atoms with E-state index in [0.29, 0.717) is 6.04 Å². The minimum absolute atomic E-state index is 0.209. The van der Waals surface area contributed by atoms with Gasteiger partial charge in [0.1, 0.15) is 11.5 Å². The predicted octanol–water partition coefficient (Wildman–Crippen LogP) is 4.71. The van der Waals surface area contributed by atoms with Crippen LogP contribution in [0.1, 0.15) is 24.6 Å². The van der Waals surface area contributed by atoms with Gasteiger partial charge in [0.25, 0.3) is 0 Å². The molecule has 0 amide bonds. The zero-order valence-electron chi connectivity index (χ0n) is 12.5. The van der Waals surface area contributed by atoms with Crippen molar-refractivity contribution in [1.29, 1.82) is 0 Å². The summed E-state index contributed by atoms with van der Waals surface area (Å²) in [6, 6.07) is 17.4. The second-order valence-electron chi connectivity index (χ2n) is 5.67. The van der Waals surface area contributed by atoms with Crippen molar-refractivity contribution in [2.75, 3.05) is 0 Å². The molecular weight excluding hydrogens is 309 g/mol. The minimum Gasteiger partial charge on any atom is -0.241 e. The van der Waals surface area contributed by atoms with E-state index in [4.69, 9.17) is 0 Å². The Labute approximate surface area is 138 Å². The van der Waals surface area contributed by atoms with Gasteiger partial charge in [-0.05, 0) is 37.1 Å². The van der Waals surface area contributed by atoms with Crippen molar-refractivity contribution in [2.45, 2.75) is 29.5 Å². The first-order valence-electron chi connectivity index (χ1n) is 7.69. The highest BCUT2D eigenvalue weighted by atomic mass is 32.2. The zero-order chi connectivity index (χ0) is 15.6. The molecule has 1 aliphatic rings. The average Bonchev–Trinajstić information content (AvgIpc) is 3.35. The summed E-state index contributed by atoms with van der Waals surface area (Å²) < 4.78 is 15.1. The van der Waals surface area contributed by atoms with Crippen LogP contribution in [0.2, 0.25) is 0 Å². The molecule has 0 N–H and O–H groups in total. The van der Waals surface area contributed by atoms with Crippen LogP contribution in [0.15, 0.2) is 59.5 Å². The van der Waals surface area contributed by atoms with Crippen LogP contribution in [0.3, 0.4) is 0 Å². The second kappa shape index (κ2) is 6.16. The number of rotatable bonds is 5. The fourth-order valence-electron chi connectivity index (χ4n) is 2.58. The molecule has 1 heterocycles. The van der Waals surface area contributed by atoms with Crippen LogP contribution in [0.25, 0.3) is 11.3 Å². The van der Waals surface area contributed by atoms with Crippen molar-refractivity contribution in [3.05, 3.63) is 66.1 Å². The van der Waals surface area contributed by atoms with E-state index in [2.05, 4.69) is 27.1 Å². The van der Waals surface area contributed by atoms with Gasteiger partial charge in [0.15, 0.2) is 0 Å². The first kappa shape index (κ1) is 14.5. The Hall–Kier alpha value is -2.14. The third-order valence-electron chi connectivity index (χ3n) is 3.89. The van der Waals surface area contributed by atoms with Crippen LogP contribution in [0.5, 0.6) is 0 Å². The fraction of sp³-hybridized carbons (Fsp3) is 0.222. The number of halogens is 1. The minimum atomic E-state index is -0.209. The molecular formula is C18H16FN3S. The van der Waals surface area contributed by atoms with E-state index in [-0.39, 0.29) is 5.82 Å². The van der Waals surface area contributed by atoms with Gasteiger partial charge in [0, 0.05) is 16.2 Å². The topological polar surface area (TPSA) is 30.7 Å². The van der Waals surface area contributed by atoms with E-state index < -0.39 is 0 Å². The molecule has 1 aliphatic carbocycles. The molecule has 0 unspecified atom stereocenters. The third kappa shape index (κ3) is 3.15. The van der Waals surface area contributed by atoms with Gasteiger partial charge in [-0.1, -0.05) is 35.5 Å². The maximum Gasteiger partial charge on any atom is 0.123 e. The highest BCUT2D eigenvalue weighted by molar-refractivity contribution is 7.98. The Morgan fingerprint density at radius 3 is 2.48 bits per heavy atom. The lowest BCUT2D eigenvalue weighted by Gasteiger charge is -2.07. The van der Waals surface area contributed by atoms with Crippen molar-refractivity contribution < 1.29 is 4.39 Å². The number of aromatic nitrogens is 3. The molecule has 2 aromatic carbocycles. The van der Waals surface area contributed by atoms with Gasteiger partial charge in [0.05, 0.1) is 11.7 Å². The van der Waals surface area contributed by atoms with E-state index in [1.54, 1.807) is 23.9 Å². The predicted molar refractivity (Wildman–Crippen MR) is 89.7 cm³/mol. The molecule has 4 rings (SSSR count). The summed E-state index contributed by atoms with van der Waals surface area (Å²) in [5.41, 5.74) is 3.25. The van der Waals surface area contributed by atoms with Crippen LogP contribution < -0.4 is 0 Å². The van der Waals surface area contributed by atoms with Gasteiger partial charge in [-0.15, -0.1) is 16.9 Å². The van der Waals surface area contributed by atoms with Gasteiger partial charge in [-0.25, -0.2) is 9.07 Å². The lowest BCUT2D eigenvalue weighted by molar-refractivity contribution is 0.616. The smallest absolute Gasteiger partial charge is 0.123 e. The summed E-state index contributed by atoms with van der Waals surface area (Å²) in [5.74, 6) is 0.516. The Kier molecular flexibility index (Phi) is 3.87. The number of hydrogen-bond donors (Lipinski definition) is 0. The van der Waals surface area contributed by atoms with Crippen LogP contribution in [-0.4, -0.2) is 15.0 Å². The van der Waals surface area contributed by atoms with Crippen LogP contribution >= 0.6 is 11.8 Å². The Bertz CT molecular complexity index is 795. The Morgan fingerprint density at radius 1 is 1.04 bits per heavy atom. The monoisotopic (exact) mass is 325 g/mol. The maximum atomic E-state index is 13.0. The van der Waals surface area contributed by atoms with Gasteiger partial charge < -0.3 is 0 Å². The molecule has 0 bridgehead atoms. The summed E-state index contributed by atoms with van der Waals surface area (Å²) in [4.78, 5) is 1.03. The molecule has 0 spiro atoms. The number of hydrogen-bond acceptors (Lipinski definition) is 3. The molecule has 3 nitrogen and oxygen atoms in total. The number of nitrogens with zero attached hydrogens (tertiary/aromatic N) is 3. The second-order valence-corrected chi connectivity index (χ2v) is 6.72. The van der Waals surface area contributed by atoms with Crippen molar-refractivity contribution in [1.82, 2.24) is 15.0 Å². The van der Waals surface area contributed by atoms with Crippen molar-refractivity contribution in [3.63, 3.8) is 0 Å². The highest BCUT2D eigenvalue weighted by Crippen LogP contribution is 2.39. The van der Waals surface area contributed by atoms with E-state index in [0.717, 1.165) is 27.6 Å². The van der Waals surface area contributed by atoms with E-state index in [9.17, 15) is 4.39 Å². The molecule has 1 saturated carbocycles. The first-order chi connectivity index (χ1) is 11.3. The van der Waals surface area contributed by atoms with Gasteiger partial charge in [0.2, 0.25) is 0 Å². The first-order valence-corrected chi connectivity index (χ1v) is 8.67. The molecule has 1 fully saturated rings. The summed E-state index contributed by atoms with van der Waals surface area (Å²) in [6.45, 7) is 0.